The molecule has 2 rings (SSSR count). The van der Waals surface area contributed by atoms with Crippen LogP contribution in [0.2, 0.25) is 0 Å². The normalized spacial score (nSPS) is 10.3. The van der Waals surface area contributed by atoms with Crippen LogP contribution in [0.1, 0.15) is 11.1 Å². The first-order chi connectivity index (χ1) is 9.65. The summed E-state index contributed by atoms with van der Waals surface area (Å²) in [6.07, 6.45) is 0.693. The molecule has 0 fully saturated rings. The van der Waals surface area contributed by atoms with E-state index in [1.54, 1.807) is 35.4 Å². The predicted octanol–water partition coefficient (Wildman–Crippen LogP) is 3.27. The average Bonchev–Trinajstić information content (AvgIpc) is 2.93. The molecular formula is C15H17FN2OS. The van der Waals surface area contributed by atoms with Crippen LogP contribution in [0, 0.1) is 5.82 Å². The van der Waals surface area contributed by atoms with Crippen molar-refractivity contribution in [3.8, 4) is 0 Å². The fraction of sp³-hybridized carbons (Fsp3) is 0.267. The van der Waals surface area contributed by atoms with E-state index in [4.69, 9.17) is 0 Å². The number of benzene rings is 1. The highest BCUT2D eigenvalue weighted by Crippen LogP contribution is 2.08. The lowest BCUT2D eigenvalue weighted by atomic mass is 10.1. The van der Waals surface area contributed by atoms with Gasteiger partial charge in [-0.2, -0.15) is 11.3 Å². The van der Waals surface area contributed by atoms with Gasteiger partial charge in [0.15, 0.2) is 0 Å². The molecule has 2 aromatic rings. The van der Waals surface area contributed by atoms with Crippen LogP contribution in [0.4, 0.5) is 9.18 Å². The van der Waals surface area contributed by atoms with Crippen LogP contribution in [-0.2, 0) is 13.0 Å². The molecule has 0 radical (unpaired) electrons. The number of nitrogens with zero attached hydrogens (tertiary/aromatic N) is 1. The summed E-state index contributed by atoms with van der Waals surface area (Å²) in [7, 11) is 1.77. The zero-order valence-corrected chi connectivity index (χ0v) is 12.1. The zero-order chi connectivity index (χ0) is 14.4. The number of rotatable bonds is 5. The maximum Gasteiger partial charge on any atom is 0.317 e. The SMILES string of the molecule is CN(Cc1ccsc1)C(=O)NCCc1ccc(F)cc1. The Labute approximate surface area is 122 Å². The highest BCUT2D eigenvalue weighted by Gasteiger charge is 2.08. The van der Waals surface area contributed by atoms with E-state index in [1.165, 1.54) is 12.1 Å². The molecule has 1 aromatic heterocycles. The lowest BCUT2D eigenvalue weighted by molar-refractivity contribution is 0.207. The van der Waals surface area contributed by atoms with Gasteiger partial charge in [-0.1, -0.05) is 12.1 Å². The number of carbonyl (C=O) groups is 1. The largest absolute Gasteiger partial charge is 0.338 e. The summed E-state index contributed by atoms with van der Waals surface area (Å²) in [6, 6.07) is 8.23. The molecule has 0 saturated carbocycles. The van der Waals surface area contributed by atoms with Crippen LogP contribution >= 0.6 is 11.3 Å². The van der Waals surface area contributed by atoms with Crippen molar-refractivity contribution in [1.82, 2.24) is 10.2 Å². The van der Waals surface area contributed by atoms with Gasteiger partial charge >= 0.3 is 6.03 Å². The van der Waals surface area contributed by atoms with E-state index in [9.17, 15) is 9.18 Å². The van der Waals surface area contributed by atoms with Gasteiger partial charge in [-0.3, -0.25) is 0 Å². The molecule has 0 aliphatic rings. The van der Waals surface area contributed by atoms with Crippen molar-refractivity contribution in [3.05, 3.63) is 58.0 Å². The summed E-state index contributed by atoms with van der Waals surface area (Å²) in [4.78, 5) is 13.5. The fourth-order valence-electron chi connectivity index (χ4n) is 1.83. The number of thiophene rings is 1. The van der Waals surface area contributed by atoms with Crippen LogP contribution in [0.3, 0.4) is 0 Å². The summed E-state index contributed by atoms with van der Waals surface area (Å²) >= 11 is 1.62. The first-order valence-electron chi connectivity index (χ1n) is 6.39. The lowest BCUT2D eigenvalue weighted by Crippen LogP contribution is -2.37. The van der Waals surface area contributed by atoms with E-state index < -0.39 is 0 Å². The lowest BCUT2D eigenvalue weighted by Gasteiger charge is -2.17. The van der Waals surface area contributed by atoms with Crippen LogP contribution in [-0.4, -0.2) is 24.5 Å². The monoisotopic (exact) mass is 292 g/mol. The van der Waals surface area contributed by atoms with Gasteiger partial charge in [0.05, 0.1) is 0 Å². The van der Waals surface area contributed by atoms with Crippen molar-refractivity contribution in [3.63, 3.8) is 0 Å². The number of hydrogen-bond donors (Lipinski definition) is 1. The predicted molar refractivity (Wildman–Crippen MR) is 79.3 cm³/mol. The number of amides is 2. The number of urea groups is 1. The molecular weight excluding hydrogens is 275 g/mol. The highest BCUT2D eigenvalue weighted by atomic mass is 32.1. The second-order valence-corrected chi connectivity index (χ2v) is 5.38. The van der Waals surface area contributed by atoms with Gasteiger partial charge in [0, 0.05) is 20.1 Å². The first-order valence-corrected chi connectivity index (χ1v) is 7.34. The minimum Gasteiger partial charge on any atom is -0.338 e. The van der Waals surface area contributed by atoms with Gasteiger partial charge in [0.1, 0.15) is 5.82 Å². The van der Waals surface area contributed by atoms with Crippen molar-refractivity contribution < 1.29 is 9.18 Å². The summed E-state index contributed by atoms with van der Waals surface area (Å²) in [5.41, 5.74) is 2.14. The van der Waals surface area contributed by atoms with Gasteiger partial charge in [0.2, 0.25) is 0 Å². The number of carbonyl (C=O) groups excluding carboxylic acids is 1. The van der Waals surface area contributed by atoms with Crippen LogP contribution in [0.15, 0.2) is 41.1 Å². The molecule has 2 amide bonds. The molecule has 0 spiro atoms. The first kappa shape index (κ1) is 14.5. The molecule has 1 N–H and O–H groups in total. The number of nitrogens with one attached hydrogen (secondary N) is 1. The number of halogens is 1. The van der Waals surface area contributed by atoms with Gasteiger partial charge in [0.25, 0.3) is 0 Å². The topological polar surface area (TPSA) is 32.3 Å². The Balaban J connectivity index is 1.73. The molecule has 0 bridgehead atoms. The van der Waals surface area contributed by atoms with E-state index >= 15 is 0 Å². The minimum absolute atomic E-state index is 0.0988. The Bertz CT molecular complexity index is 540. The molecule has 0 saturated heterocycles. The molecule has 0 atom stereocenters. The third-order valence-corrected chi connectivity index (χ3v) is 3.68. The van der Waals surface area contributed by atoms with Gasteiger partial charge in [-0.25, -0.2) is 9.18 Å². The molecule has 1 aromatic carbocycles. The van der Waals surface area contributed by atoms with Crippen molar-refractivity contribution >= 4 is 17.4 Å². The van der Waals surface area contributed by atoms with E-state index in [0.717, 1.165) is 11.1 Å². The van der Waals surface area contributed by atoms with Gasteiger partial charge in [-0.05, 0) is 46.5 Å². The van der Waals surface area contributed by atoms with E-state index in [0.29, 0.717) is 19.5 Å². The maximum absolute atomic E-state index is 12.7. The molecule has 5 heteroatoms. The standard InChI is InChI=1S/C15H17FN2OS/c1-18(10-13-7-9-20-11-13)15(19)17-8-6-12-2-4-14(16)5-3-12/h2-5,7,9,11H,6,8,10H2,1H3,(H,17,19). The van der Waals surface area contributed by atoms with Gasteiger partial charge < -0.3 is 10.2 Å². The van der Waals surface area contributed by atoms with E-state index in [-0.39, 0.29) is 11.8 Å². The molecule has 20 heavy (non-hydrogen) atoms. The Morgan fingerprint density at radius 3 is 2.65 bits per heavy atom. The Morgan fingerprint density at radius 2 is 2.00 bits per heavy atom. The third-order valence-electron chi connectivity index (χ3n) is 2.95. The molecule has 0 aliphatic carbocycles. The second kappa shape index (κ2) is 7.05. The zero-order valence-electron chi connectivity index (χ0n) is 11.3. The van der Waals surface area contributed by atoms with E-state index in [1.807, 2.05) is 16.8 Å². The van der Waals surface area contributed by atoms with Crippen molar-refractivity contribution in [2.24, 2.45) is 0 Å². The summed E-state index contributed by atoms with van der Waals surface area (Å²) in [5, 5.41) is 6.88. The van der Waals surface area contributed by atoms with Crippen molar-refractivity contribution in [1.29, 1.82) is 0 Å². The number of hydrogen-bond acceptors (Lipinski definition) is 2. The molecule has 3 nitrogen and oxygen atoms in total. The summed E-state index contributed by atoms with van der Waals surface area (Å²) in [5.74, 6) is -0.242. The molecule has 0 unspecified atom stereocenters. The highest BCUT2D eigenvalue weighted by molar-refractivity contribution is 7.07. The minimum atomic E-state index is -0.242. The molecule has 1 heterocycles. The average molecular weight is 292 g/mol. The van der Waals surface area contributed by atoms with Crippen LogP contribution in [0.25, 0.3) is 0 Å². The van der Waals surface area contributed by atoms with E-state index in [2.05, 4.69) is 5.32 Å². The van der Waals surface area contributed by atoms with Crippen molar-refractivity contribution in [2.75, 3.05) is 13.6 Å². The Kier molecular flexibility index (Phi) is 5.12. The quantitative estimate of drug-likeness (QED) is 0.901. The summed E-state index contributed by atoms with van der Waals surface area (Å²) in [6.45, 7) is 1.14. The maximum atomic E-state index is 12.7. The van der Waals surface area contributed by atoms with Crippen molar-refractivity contribution in [2.45, 2.75) is 13.0 Å². The Morgan fingerprint density at radius 1 is 1.25 bits per heavy atom. The second-order valence-electron chi connectivity index (χ2n) is 4.60. The van der Waals surface area contributed by atoms with Gasteiger partial charge in [-0.15, -0.1) is 0 Å². The fourth-order valence-corrected chi connectivity index (χ4v) is 2.49. The molecule has 106 valence electrons. The van der Waals surface area contributed by atoms with Crippen LogP contribution < -0.4 is 5.32 Å². The Hall–Kier alpha value is -1.88. The third kappa shape index (κ3) is 4.35. The smallest absolute Gasteiger partial charge is 0.317 e. The van der Waals surface area contributed by atoms with Crippen LogP contribution in [0.5, 0.6) is 0 Å². The summed E-state index contributed by atoms with van der Waals surface area (Å²) < 4.78 is 12.7. The molecule has 0 aliphatic heterocycles.